The van der Waals surface area contributed by atoms with Crippen molar-refractivity contribution in [2.75, 3.05) is 11.4 Å². The van der Waals surface area contributed by atoms with Crippen molar-refractivity contribution in [3.8, 4) is 16.9 Å². The molecular formula is C25H29N9. The van der Waals surface area contributed by atoms with Crippen molar-refractivity contribution in [1.82, 2.24) is 40.5 Å². The predicted molar refractivity (Wildman–Crippen MR) is 130 cm³/mol. The topological polar surface area (TPSA) is 100 Å². The summed E-state index contributed by atoms with van der Waals surface area (Å²) in [6, 6.07) is 7.76. The van der Waals surface area contributed by atoms with Gasteiger partial charge in [0.1, 0.15) is 5.69 Å². The highest BCUT2D eigenvalue weighted by Gasteiger charge is 2.37. The van der Waals surface area contributed by atoms with Crippen molar-refractivity contribution >= 4 is 16.9 Å². The summed E-state index contributed by atoms with van der Waals surface area (Å²) in [5, 5.41) is 25.9. The van der Waals surface area contributed by atoms with E-state index in [1.807, 2.05) is 35.4 Å². The SMILES string of the molecule is c1cnn(-c2ccc(-c3cnc(N(CC4CC4)C4CC5CCCC(C4)N5)nn3)c3cn[nH]c23)c1. The summed E-state index contributed by atoms with van der Waals surface area (Å²) >= 11 is 0. The Hall–Kier alpha value is -3.33. The van der Waals surface area contributed by atoms with E-state index in [4.69, 9.17) is 4.98 Å². The summed E-state index contributed by atoms with van der Waals surface area (Å²) < 4.78 is 1.83. The first-order valence-corrected chi connectivity index (χ1v) is 12.5. The first-order chi connectivity index (χ1) is 16.8. The van der Waals surface area contributed by atoms with Gasteiger partial charge in [-0.2, -0.15) is 10.2 Å². The number of H-pyrrole nitrogens is 1. The molecule has 3 aliphatic rings. The number of piperidine rings is 2. The minimum Gasteiger partial charge on any atom is -0.336 e. The van der Waals surface area contributed by atoms with E-state index in [0.29, 0.717) is 18.1 Å². The van der Waals surface area contributed by atoms with Gasteiger partial charge >= 0.3 is 0 Å². The number of hydrogen-bond acceptors (Lipinski definition) is 7. The van der Waals surface area contributed by atoms with Crippen molar-refractivity contribution in [1.29, 1.82) is 0 Å². The maximum absolute atomic E-state index is 4.85. The van der Waals surface area contributed by atoms with Crippen LogP contribution in [0.2, 0.25) is 0 Å². The smallest absolute Gasteiger partial charge is 0.245 e. The molecule has 2 saturated heterocycles. The van der Waals surface area contributed by atoms with Crippen molar-refractivity contribution in [3.63, 3.8) is 0 Å². The molecule has 0 radical (unpaired) electrons. The lowest BCUT2D eigenvalue weighted by molar-refractivity contribution is 0.215. The molecule has 4 aromatic rings. The van der Waals surface area contributed by atoms with Crippen LogP contribution in [-0.2, 0) is 0 Å². The van der Waals surface area contributed by atoms with E-state index in [1.165, 1.54) is 44.9 Å². The van der Waals surface area contributed by atoms with Gasteiger partial charge in [0, 0.05) is 48.0 Å². The highest BCUT2D eigenvalue weighted by Crippen LogP contribution is 2.36. The number of fused-ring (bicyclic) bond motifs is 3. The summed E-state index contributed by atoms with van der Waals surface area (Å²) in [5.74, 6) is 1.55. The Morgan fingerprint density at radius 2 is 1.91 bits per heavy atom. The van der Waals surface area contributed by atoms with Crippen LogP contribution < -0.4 is 10.2 Å². The Morgan fingerprint density at radius 3 is 2.65 bits per heavy atom. The van der Waals surface area contributed by atoms with E-state index >= 15 is 0 Å². The standard InChI is InChI=1S/C25H29N9/c1-3-17-11-19(12-18(4-1)29-17)33(15-16-5-6-16)25-26-14-22(30-32-25)20-7-8-23(34-10-2-9-28-34)24-21(20)13-27-31-24/h2,7-10,13-14,16-19,29H,1,3-6,11-12,15H2,(H,27,31). The highest BCUT2D eigenvalue weighted by atomic mass is 15.3. The molecule has 2 aliphatic heterocycles. The lowest BCUT2D eigenvalue weighted by Crippen LogP contribution is -2.55. The van der Waals surface area contributed by atoms with Crippen molar-refractivity contribution in [2.24, 2.45) is 5.92 Å². The van der Waals surface area contributed by atoms with Gasteiger partial charge in [-0.1, -0.05) is 6.42 Å². The second kappa shape index (κ2) is 8.16. The number of aromatic amines is 1. The van der Waals surface area contributed by atoms with Gasteiger partial charge in [-0.05, 0) is 62.6 Å². The average Bonchev–Trinajstić information content (AvgIpc) is 3.30. The van der Waals surface area contributed by atoms with Gasteiger partial charge in [-0.3, -0.25) is 5.10 Å². The molecule has 0 amide bonds. The minimum absolute atomic E-state index is 0.499. The van der Waals surface area contributed by atoms with Crippen LogP contribution in [0.4, 0.5) is 5.95 Å². The summed E-state index contributed by atoms with van der Waals surface area (Å²) in [7, 11) is 0. The van der Waals surface area contributed by atoms with Crippen LogP contribution in [-0.4, -0.2) is 59.8 Å². The zero-order valence-corrected chi connectivity index (χ0v) is 19.1. The Bertz CT molecular complexity index is 1260. The summed E-state index contributed by atoms with van der Waals surface area (Å²) in [5.41, 5.74) is 3.60. The number of rotatable bonds is 6. The Kier molecular flexibility index (Phi) is 4.82. The third-order valence-electron chi connectivity index (χ3n) is 7.71. The fourth-order valence-electron chi connectivity index (χ4n) is 5.83. The van der Waals surface area contributed by atoms with E-state index in [1.54, 1.807) is 6.20 Å². The molecule has 2 unspecified atom stereocenters. The highest BCUT2D eigenvalue weighted by molar-refractivity contribution is 5.97. The number of benzene rings is 1. The lowest BCUT2D eigenvalue weighted by Gasteiger charge is -2.44. The zero-order chi connectivity index (χ0) is 22.5. The molecule has 9 nitrogen and oxygen atoms in total. The normalized spacial score (nSPS) is 24.4. The average molecular weight is 456 g/mol. The first kappa shape index (κ1) is 20.1. The van der Waals surface area contributed by atoms with Gasteiger partial charge < -0.3 is 10.2 Å². The van der Waals surface area contributed by atoms with Crippen LogP contribution in [0.1, 0.15) is 44.9 Å². The second-order valence-corrected chi connectivity index (χ2v) is 10.1. The molecule has 1 aromatic carbocycles. The number of aromatic nitrogens is 7. The number of nitrogens with one attached hydrogen (secondary N) is 2. The molecule has 2 N–H and O–H groups in total. The van der Waals surface area contributed by atoms with Crippen LogP contribution in [0.3, 0.4) is 0 Å². The van der Waals surface area contributed by atoms with Gasteiger partial charge in [0.05, 0.1) is 23.6 Å². The van der Waals surface area contributed by atoms with E-state index < -0.39 is 0 Å². The van der Waals surface area contributed by atoms with Crippen molar-refractivity contribution < 1.29 is 0 Å². The maximum Gasteiger partial charge on any atom is 0.245 e. The molecule has 1 aliphatic carbocycles. The van der Waals surface area contributed by atoms with Crippen LogP contribution in [0.5, 0.6) is 0 Å². The second-order valence-electron chi connectivity index (χ2n) is 10.1. The van der Waals surface area contributed by atoms with Crippen LogP contribution >= 0.6 is 0 Å². The molecule has 1 saturated carbocycles. The Morgan fingerprint density at radius 1 is 1.03 bits per heavy atom. The Labute approximate surface area is 198 Å². The van der Waals surface area contributed by atoms with E-state index in [2.05, 4.69) is 41.8 Å². The first-order valence-electron chi connectivity index (χ1n) is 12.5. The largest absolute Gasteiger partial charge is 0.336 e. The van der Waals surface area contributed by atoms with E-state index in [0.717, 1.165) is 46.3 Å². The number of nitrogens with zero attached hydrogens (tertiary/aromatic N) is 7. The van der Waals surface area contributed by atoms with E-state index in [-0.39, 0.29) is 0 Å². The summed E-state index contributed by atoms with van der Waals surface area (Å²) in [6.45, 7) is 1.05. The van der Waals surface area contributed by atoms with Crippen molar-refractivity contribution in [2.45, 2.75) is 63.1 Å². The third-order valence-corrected chi connectivity index (χ3v) is 7.71. The maximum atomic E-state index is 4.85. The molecule has 3 fully saturated rings. The molecule has 174 valence electrons. The fourth-order valence-corrected chi connectivity index (χ4v) is 5.83. The van der Waals surface area contributed by atoms with Crippen molar-refractivity contribution in [3.05, 3.63) is 43.0 Å². The minimum atomic E-state index is 0.499. The third kappa shape index (κ3) is 3.64. The molecule has 7 rings (SSSR count). The lowest BCUT2D eigenvalue weighted by atomic mass is 9.83. The zero-order valence-electron chi connectivity index (χ0n) is 19.1. The Balaban J connectivity index is 1.20. The van der Waals surface area contributed by atoms with Crippen LogP contribution in [0, 0.1) is 5.92 Å². The van der Waals surface area contributed by atoms with Gasteiger partial charge in [-0.25, -0.2) is 9.67 Å². The van der Waals surface area contributed by atoms with Gasteiger partial charge in [-0.15, -0.1) is 10.2 Å². The number of anilines is 1. The van der Waals surface area contributed by atoms with Gasteiger partial charge in [0.2, 0.25) is 5.95 Å². The molecule has 9 heteroatoms. The fraction of sp³-hybridized carbons (Fsp3) is 0.480. The van der Waals surface area contributed by atoms with Crippen LogP contribution in [0.25, 0.3) is 27.8 Å². The summed E-state index contributed by atoms with van der Waals surface area (Å²) in [6.07, 6.45) is 16.3. The van der Waals surface area contributed by atoms with Gasteiger partial charge in [0.25, 0.3) is 0 Å². The molecule has 2 bridgehead atoms. The predicted octanol–water partition coefficient (Wildman–Crippen LogP) is 3.49. The van der Waals surface area contributed by atoms with E-state index in [9.17, 15) is 0 Å². The van der Waals surface area contributed by atoms with Gasteiger partial charge in [0.15, 0.2) is 0 Å². The quantitative estimate of drug-likeness (QED) is 0.459. The molecule has 3 aromatic heterocycles. The molecule has 0 spiro atoms. The number of hydrogen-bond donors (Lipinski definition) is 2. The molecular weight excluding hydrogens is 426 g/mol. The molecule has 2 atom stereocenters. The summed E-state index contributed by atoms with van der Waals surface area (Å²) in [4.78, 5) is 7.32. The monoisotopic (exact) mass is 455 g/mol. The molecule has 34 heavy (non-hydrogen) atoms. The molecule has 5 heterocycles. The van der Waals surface area contributed by atoms with Crippen LogP contribution in [0.15, 0.2) is 43.0 Å².